The van der Waals surface area contributed by atoms with Crippen LogP contribution in [0.1, 0.15) is 46.5 Å². The average Bonchev–Trinajstić information content (AvgIpc) is 3.30. The minimum absolute atomic E-state index is 0.151. The van der Waals surface area contributed by atoms with E-state index in [1.807, 2.05) is 12.1 Å². The van der Waals surface area contributed by atoms with Gasteiger partial charge in [0.05, 0.1) is 4.88 Å². The molecule has 0 amide bonds. The van der Waals surface area contributed by atoms with E-state index in [1.165, 1.54) is 37.1 Å². The summed E-state index contributed by atoms with van der Waals surface area (Å²) in [6.45, 7) is 5.96. The minimum Gasteiger partial charge on any atom is -0.298 e. The maximum absolute atomic E-state index is 13.4. The number of hydrogen-bond acceptors (Lipinski definition) is 4. The maximum Gasteiger partial charge on any atom is 0.169 e. The molecule has 5 heterocycles. The molecule has 1 aromatic carbocycles. The molecule has 0 aliphatic carbocycles. The second kappa shape index (κ2) is 6.80. The fraction of sp³-hybridized carbons (Fsp3) is 0.500. The number of likely N-dealkylation sites (tertiary alicyclic amines) is 1. The second-order valence-electron chi connectivity index (χ2n) is 8.32. The van der Waals surface area contributed by atoms with Crippen LogP contribution in [0.2, 0.25) is 0 Å². The van der Waals surface area contributed by atoms with Crippen LogP contribution in [0.15, 0.2) is 35.7 Å². The van der Waals surface area contributed by atoms with Gasteiger partial charge in [-0.05, 0) is 73.5 Å². The summed E-state index contributed by atoms with van der Waals surface area (Å²) in [5, 5.41) is 2.14. The van der Waals surface area contributed by atoms with Crippen LogP contribution in [0.3, 0.4) is 0 Å². The molecule has 0 spiro atoms. The first-order valence-electron chi connectivity index (χ1n) is 9.92. The van der Waals surface area contributed by atoms with Crippen LogP contribution in [-0.2, 0) is 6.54 Å². The van der Waals surface area contributed by atoms with Gasteiger partial charge in [0.15, 0.2) is 5.78 Å². The van der Waals surface area contributed by atoms with Crippen molar-refractivity contribution in [3.63, 3.8) is 0 Å². The van der Waals surface area contributed by atoms with Gasteiger partial charge in [-0.15, -0.1) is 11.3 Å². The number of nitrogens with zero attached hydrogens (tertiary/aromatic N) is 2. The molecule has 142 valence electrons. The van der Waals surface area contributed by atoms with E-state index in [0.29, 0.717) is 18.0 Å². The Labute approximate surface area is 163 Å². The smallest absolute Gasteiger partial charge is 0.169 e. The quantitative estimate of drug-likeness (QED) is 0.740. The molecule has 4 aliphatic rings. The van der Waals surface area contributed by atoms with Crippen molar-refractivity contribution < 1.29 is 9.18 Å². The summed E-state index contributed by atoms with van der Waals surface area (Å²) >= 11 is 1.56. The van der Waals surface area contributed by atoms with Crippen molar-refractivity contribution in [2.45, 2.75) is 44.3 Å². The Morgan fingerprint density at radius 2 is 1.93 bits per heavy atom. The van der Waals surface area contributed by atoms with Crippen molar-refractivity contribution in [3.05, 3.63) is 57.5 Å². The maximum atomic E-state index is 13.4. The summed E-state index contributed by atoms with van der Waals surface area (Å²) < 4.78 is 13.4. The average molecular weight is 385 g/mol. The van der Waals surface area contributed by atoms with Gasteiger partial charge in [0.1, 0.15) is 5.82 Å². The Balaban J connectivity index is 1.44. The van der Waals surface area contributed by atoms with Crippen LogP contribution in [-0.4, -0.2) is 47.3 Å². The van der Waals surface area contributed by atoms with Gasteiger partial charge in [-0.1, -0.05) is 12.1 Å². The van der Waals surface area contributed by atoms with Crippen molar-refractivity contribution in [1.82, 2.24) is 9.80 Å². The molecular weight excluding hydrogens is 359 g/mol. The van der Waals surface area contributed by atoms with Crippen LogP contribution in [0.4, 0.5) is 4.39 Å². The van der Waals surface area contributed by atoms with E-state index in [1.54, 1.807) is 30.4 Å². The SMILES string of the molecule is CC(=O)c1cc(CN2C[C@@H](c3ccc(F)cc3)[C@@H]3[C@H]2C2CCN3CC2)cs1. The molecule has 6 rings (SSSR count). The normalized spacial score (nSPS) is 32.6. The van der Waals surface area contributed by atoms with Gasteiger partial charge in [-0.3, -0.25) is 14.6 Å². The van der Waals surface area contributed by atoms with Crippen molar-refractivity contribution in [3.8, 4) is 0 Å². The molecule has 5 heteroatoms. The lowest BCUT2D eigenvalue weighted by Crippen LogP contribution is -2.59. The zero-order valence-electron chi connectivity index (χ0n) is 15.6. The highest BCUT2D eigenvalue weighted by Gasteiger charge is 2.53. The molecule has 4 fully saturated rings. The first kappa shape index (κ1) is 17.5. The molecule has 3 nitrogen and oxygen atoms in total. The van der Waals surface area contributed by atoms with E-state index in [-0.39, 0.29) is 11.6 Å². The summed E-state index contributed by atoms with van der Waals surface area (Å²) in [5.41, 5.74) is 2.51. The summed E-state index contributed by atoms with van der Waals surface area (Å²) in [6.07, 6.45) is 2.58. The Hall–Kier alpha value is -1.56. The van der Waals surface area contributed by atoms with E-state index in [9.17, 15) is 9.18 Å². The van der Waals surface area contributed by atoms with Crippen molar-refractivity contribution in [2.24, 2.45) is 5.92 Å². The lowest BCUT2D eigenvalue weighted by atomic mass is 9.75. The largest absolute Gasteiger partial charge is 0.298 e. The molecule has 27 heavy (non-hydrogen) atoms. The van der Waals surface area contributed by atoms with Crippen LogP contribution in [0.5, 0.6) is 0 Å². The number of thiophene rings is 1. The second-order valence-corrected chi connectivity index (χ2v) is 9.23. The molecule has 0 radical (unpaired) electrons. The van der Waals surface area contributed by atoms with Crippen LogP contribution >= 0.6 is 11.3 Å². The third-order valence-corrected chi connectivity index (χ3v) is 7.86. The Kier molecular flexibility index (Phi) is 4.42. The van der Waals surface area contributed by atoms with Gasteiger partial charge in [0.25, 0.3) is 0 Å². The lowest BCUT2D eigenvalue weighted by molar-refractivity contribution is -0.00866. The Morgan fingerprint density at radius 1 is 1.19 bits per heavy atom. The van der Waals surface area contributed by atoms with Crippen LogP contribution < -0.4 is 0 Å². The van der Waals surface area contributed by atoms with Gasteiger partial charge < -0.3 is 0 Å². The topological polar surface area (TPSA) is 23.6 Å². The van der Waals surface area contributed by atoms with Gasteiger partial charge in [-0.2, -0.15) is 0 Å². The van der Waals surface area contributed by atoms with E-state index in [2.05, 4.69) is 21.2 Å². The standard InChI is InChI=1S/C22H25FN2OS/c1-14(26)20-10-15(13-27-20)11-25-12-19(16-2-4-18(23)5-3-16)22-21(25)17-6-8-24(22)9-7-17/h2-5,10,13,17,19,21-22H,6-9,11-12H2,1H3/t19-,21+,22+/m0/s1. The molecular formula is C22H25FN2OS. The molecule has 4 saturated heterocycles. The van der Waals surface area contributed by atoms with Crippen molar-refractivity contribution in [1.29, 1.82) is 0 Å². The number of benzene rings is 1. The summed E-state index contributed by atoms with van der Waals surface area (Å²) in [6, 6.07) is 10.3. The van der Waals surface area contributed by atoms with Gasteiger partial charge in [0.2, 0.25) is 0 Å². The first-order chi connectivity index (χ1) is 13.1. The number of halogens is 1. The van der Waals surface area contributed by atoms with Crippen molar-refractivity contribution in [2.75, 3.05) is 19.6 Å². The minimum atomic E-state index is -0.161. The molecule has 0 unspecified atom stereocenters. The van der Waals surface area contributed by atoms with Crippen molar-refractivity contribution >= 4 is 17.1 Å². The first-order valence-corrected chi connectivity index (χ1v) is 10.8. The number of hydrogen-bond donors (Lipinski definition) is 0. The molecule has 3 atom stereocenters. The third kappa shape index (κ3) is 3.06. The van der Waals surface area contributed by atoms with E-state index < -0.39 is 0 Å². The number of ketones is 1. The number of carbonyl (C=O) groups excluding carboxylic acids is 1. The summed E-state index contributed by atoms with van der Waals surface area (Å²) in [7, 11) is 0. The van der Waals surface area contributed by atoms with E-state index >= 15 is 0 Å². The highest BCUT2D eigenvalue weighted by molar-refractivity contribution is 7.12. The van der Waals surface area contributed by atoms with Gasteiger partial charge in [-0.25, -0.2) is 4.39 Å². The Bertz CT molecular complexity index is 840. The fourth-order valence-corrected chi connectivity index (χ4v) is 6.41. The monoisotopic (exact) mass is 384 g/mol. The highest BCUT2D eigenvalue weighted by atomic mass is 32.1. The van der Waals surface area contributed by atoms with E-state index in [4.69, 9.17) is 0 Å². The number of carbonyl (C=O) groups is 1. The highest BCUT2D eigenvalue weighted by Crippen LogP contribution is 2.47. The third-order valence-electron chi connectivity index (χ3n) is 6.78. The van der Waals surface area contributed by atoms with Crippen LogP contribution in [0, 0.1) is 11.7 Å². The number of fused-ring (bicyclic) bond motifs is 2. The van der Waals surface area contributed by atoms with E-state index in [0.717, 1.165) is 23.9 Å². The Morgan fingerprint density at radius 3 is 2.59 bits per heavy atom. The summed E-state index contributed by atoms with van der Waals surface area (Å²) in [5.74, 6) is 1.18. The van der Waals surface area contributed by atoms with Gasteiger partial charge in [0, 0.05) is 31.1 Å². The molecule has 0 N–H and O–H groups in total. The number of Topliss-reactive ketones (excluding diaryl/α,β-unsaturated/α-hetero) is 1. The molecule has 2 bridgehead atoms. The zero-order valence-corrected chi connectivity index (χ0v) is 16.4. The predicted molar refractivity (Wildman–Crippen MR) is 106 cm³/mol. The zero-order chi connectivity index (χ0) is 18.5. The molecule has 4 aliphatic heterocycles. The lowest BCUT2D eigenvalue weighted by Gasteiger charge is -2.51. The predicted octanol–water partition coefficient (Wildman–Crippen LogP) is 4.15. The summed E-state index contributed by atoms with van der Waals surface area (Å²) in [4.78, 5) is 17.8. The molecule has 2 aromatic rings. The van der Waals surface area contributed by atoms with Gasteiger partial charge >= 0.3 is 0 Å². The van der Waals surface area contributed by atoms with Crippen LogP contribution in [0.25, 0.3) is 0 Å². The molecule has 0 saturated carbocycles. The fourth-order valence-electron chi connectivity index (χ4n) is 5.60. The molecule has 1 aromatic heterocycles. The number of piperidine rings is 3. The number of rotatable bonds is 4.